The van der Waals surface area contributed by atoms with E-state index in [4.69, 9.17) is 0 Å². The van der Waals surface area contributed by atoms with Crippen LogP contribution in [0.1, 0.15) is 20.8 Å². The maximum absolute atomic E-state index is 10.8. The van der Waals surface area contributed by atoms with Crippen LogP contribution in [0, 0.1) is 12.3 Å². The first kappa shape index (κ1) is 8.47. The van der Waals surface area contributed by atoms with Crippen molar-refractivity contribution in [2.75, 3.05) is 6.54 Å². The molecule has 0 aliphatic carbocycles. The van der Waals surface area contributed by atoms with Gasteiger partial charge < -0.3 is 5.32 Å². The van der Waals surface area contributed by atoms with Crippen molar-refractivity contribution in [2.45, 2.75) is 20.8 Å². The molecule has 1 N–H and O–H groups in total. The maximum Gasteiger partial charge on any atom is 0.223 e. The maximum atomic E-state index is 10.8. The highest BCUT2D eigenvalue weighted by Gasteiger charge is 2.07. The van der Waals surface area contributed by atoms with Gasteiger partial charge in [-0.25, -0.2) is 0 Å². The third kappa shape index (κ3) is 3.12. The smallest absolute Gasteiger partial charge is 0.223 e. The minimum Gasteiger partial charge on any atom is -0.356 e. The Bertz CT molecular complexity index is 90.9. The Labute approximate surface area is 56.6 Å². The van der Waals surface area contributed by atoms with Crippen LogP contribution in [-0.4, -0.2) is 12.5 Å². The van der Waals surface area contributed by atoms with E-state index in [0.717, 1.165) is 6.54 Å². The first-order valence-electron chi connectivity index (χ1n) is 3.29. The van der Waals surface area contributed by atoms with Crippen molar-refractivity contribution in [1.82, 2.24) is 5.32 Å². The summed E-state index contributed by atoms with van der Waals surface area (Å²) in [5, 5.41) is 2.73. The van der Waals surface area contributed by atoms with Crippen molar-refractivity contribution in [3.63, 3.8) is 0 Å². The molecule has 0 aliphatic rings. The summed E-state index contributed by atoms with van der Waals surface area (Å²) < 4.78 is 0. The van der Waals surface area contributed by atoms with E-state index in [1.807, 2.05) is 27.2 Å². The Hall–Kier alpha value is -0.530. The van der Waals surface area contributed by atoms with E-state index < -0.39 is 0 Å². The number of nitrogens with one attached hydrogen (secondary N) is 1. The quantitative estimate of drug-likeness (QED) is 0.603. The van der Waals surface area contributed by atoms with Crippen LogP contribution in [-0.2, 0) is 4.79 Å². The molecule has 0 rings (SSSR count). The summed E-state index contributed by atoms with van der Waals surface area (Å²) in [4.78, 5) is 10.8. The number of rotatable bonds is 3. The van der Waals surface area contributed by atoms with Crippen LogP contribution in [0.15, 0.2) is 0 Å². The van der Waals surface area contributed by atoms with Gasteiger partial charge in [-0.15, -0.1) is 0 Å². The highest BCUT2D eigenvalue weighted by atomic mass is 16.1. The molecular weight excluding hydrogens is 114 g/mol. The lowest BCUT2D eigenvalue weighted by molar-refractivity contribution is -0.123. The fourth-order valence-electron chi connectivity index (χ4n) is 0.487. The molecule has 0 saturated heterocycles. The molecule has 2 heteroatoms. The van der Waals surface area contributed by atoms with Crippen molar-refractivity contribution in [3.8, 4) is 0 Å². The summed E-state index contributed by atoms with van der Waals surface area (Å²) in [7, 11) is 0. The van der Waals surface area contributed by atoms with Gasteiger partial charge in [0.1, 0.15) is 0 Å². The molecule has 1 atom stereocenters. The summed E-state index contributed by atoms with van der Waals surface area (Å²) in [6, 6.07) is 0. The standard InChI is InChI=1S/C7H14NO/c1-4-6(3)7(9)8-5-2/h4,6H,5H2,1-3H3,(H,8,9). The van der Waals surface area contributed by atoms with E-state index in [1.165, 1.54) is 0 Å². The molecule has 0 heterocycles. The summed E-state index contributed by atoms with van der Waals surface area (Å²) in [6.07, 6.45) is 1.88. The van der Waals surface area contributed by atoms with Gasteiger partial charge in [0.2, 0.25) is 5.91 Å². The SMILES string of the molecule is C[CH]C(C)C(=O)NCC. The van der Waals surface area contributed by atoms with Crippen molar-refractivity contribution in [2.24, 2.45) is 5.92 Å². The highest BCUT2D eigenvalue weighted by molar-refractivity contribution is 5.79. The minimum atomic E-state index is 0.0462. The third-order valence-corrected chi connectivity index (χ3v) is 1.26. The Morgan fingerprint density at radius 1 is 1.78 bits per heavy atom. The van der Waals surface area contributed by atoms with E-state index >= 15 is 0 Å². The van der Waals surface area contributed by atoms with Crippen molar-refractivity contribution in [3.05, 3.63) is 6.42 Å². The molecule has 2 nitrogen and oxygen atoms in total. The van der Waals surface area contributed by atoms with E-state index in [0.29, 0.717) is 0 Å². The van der Waals surface area contributed by atoms with E-state index in [2.05, 4.69) is 5.32 Å². The Balaban J connectivity index is 3.46. The predicted molar refractivity (Wildman–Crippen MR) is 37.8 cm³/mol. The fourth-order valence-corrected chi connectivity index (χ4v) is 0.487. The molecule has 1 unspecified atom stereocenters. The zero-order valence-corrected chi connectivity index (χ0v) is 6.27. The summed E-state index contributed by atoms with van der Waals surface area (Å²) in [6.45, 7) is 6.40. The zero-order chi connectivity index (χ0) is 7.28. The topological polar surface area (TPSA) is 29.1 Å². The molecule has 0 aromatic carbocycles. The number of amides is 1. The minimum absolute atomic E-state index is 0.0462. The van der Waals surface area contributed by atoms with Crippen LogP contribution in [0.25, 0.3) is 0 Å². The van der Waals surface area contributed by atoms with Gasteiger partial charge in [0, 0.05) is 12.5 Å². The van der Waals surface area contributed by atoms with Crippen LogP contribution in [0.3, 0.4) is 0 Å². The molecule has 0 aliphatic heterocycles. The molecule has 9 heavy (non-hydrogen) atoms. The second-order valence-electron chi connectivity index (χ2n) is 2.02. The molecule has 0 aromatic heterocycles. The molecule has 0 aromatic rings. The van der Waals surface area contributed by atoms with Crippen LogP contribution in [0.5, 0.6) is 0 Å². The normalized spacial score (nSPS) is 12.8. The third-order valence-electron chi connectivity index (χ3n) is 1.26. The Kier molecular flexibility index (Phi) is 4.10. The molecule has 0 spiro atoms. The van der Waals surface area contributed by atoms with Gasteiger partial charge in [0.05, 0.1) is 0 Å². The van der Waals surface area contributed by atoms with Crippen LogP contribution in [0.4, 0.5) is 0 Å². The lowest BCUT2D eigenvalue weighted by atomic mass is 10.1. The monoisotopic (exact) mass is 128 g/mol. The number of carbonyl (C=O) groups is 1. The number of hydrogen-bond acceptors (Lipinski definition) is 1. The van der Waals surface area contributed by atoms with Gasteiger partial charge in [-0.2, -0.15) is 0 Å². The molecule has 1 amide bonds. The van der Waals surface area contributed by atoms with Gasteiger partial charge in [0.15, 0.2) is 0 Å². The molecule has 0 fully saturated rings. The zero-order valence-electron chi connectivity index (χ0n) is 6.27. The van der Waals surface area contributed by atoms with E-state index in [9.17, 15) is 4.79 Å². The highest BCUT2D eigenvalue weighted by Crippen LogP contribution is 1.97. The van der Waals surface area contributed by atoms with Crippen molar-refractivity contribution < 1.29 is 4.79 Å². The first-order valence-corrected chi connectivity index (χ1v) is 3.29. The fraction of sp³-hybridized carbons (Fsp3) is 0.714. The van der Waals surface area contributed by atoms with E-state index in [-0.39, 0.29) is 11.8 Å². The molecular formula is C7H14NO. The Morgan fingerprint density at radius 3 is 2.67 bits per heavy atom. The van der Waals surface area contributed by atoms with Crippen LogP contribution in [0.2, 0.25) is 0 Å². The van der Waals surface area contributed by atoms with Gasteiger partial charge >= 0.3 is 0 Å². The van der Waals surface area contributed by atoms with Crippen LogP contribution >= 0.6 is 0 Å². The first-order chi connectivity index (χ1) is 4.22. The second kappa shape index (κ2) is 4.36. The molecule has 0 bridgehead atoms. The summed E-state index contributed by atoms with van der Waals surface area (Å²) in [5.74, 6) is 0.157. The predicted octanol–water partition coefficient (Wildman–Crippen LogP) is 0.983. The van der Waals surface area contributed by atoms with Gasteiger partial charge in [-0.3, -0.25) is 4.79 Å². The van der Waals surface area contributed by atoms with Crippen molar-refractivity contribution >= 4 is 5.91 Å². The summed E-state index contributed by atoms with van der Waals surface area (Å²) >= 11 is 0. The number of carbonyl (C=O) groups excluding carboxylic acids is 1. The Morgan fingerprint density at radius 2 is 2.33 bits per heavy atom. The lowest BCUT2D eigenvalue weighted by Gasteiger charge is -2.06. The molecule has 53 valence electrons. The van der Waals surface area contributed by atoms with E-state index in [1.54, 1.807) is 0 Å². The van der Waals surface area contributed by atoms with Gasteiger partial charge in [-0.05, 0) is 13.3 Å². The van der Waals surface area contributed by atoms with Gasteiger partial charge in [-0.1, -0.05) is 13.8 Å². The average molecular weight is 128 g/mol. The van der Waals surface area contributed by atoms with Gasteiger partial charge in [0.25, 0.3) is 0 Å². The molecule has 0 saturated carbocycles. The summed E-state index contributed by atoms with van der Waals surface area (Å²) in [5.41, 5.74) is 0. The van der Waals surface area contributed by atoms with Crippen LogP contribution < -0.4 is 5.32 Å². The lowest BCUT2D eigenvalue weighted by Crippen LogP contribution is -2.28. The largest absolute Gasteiger partial charge is 0.356 e. The average Bonchev–Trinajstić information content (AvgIpc) is 1.87. The molecule has 1 radical (unpaired) electrons. The number of hydrogen-bond donors (Lipinski definition) is 1. The second-order valence-corrected chi connectivity index (χ2v) is 2.02. The van der Waals surface area contributed by atoms with Crippen molar-refractivity contribution in [1.29, 1.82) is 0 Å².